The van der Waals surface area contributed by atoms with Gasteiger partial charge in [0.25, 0.3) is 17.7 Å². The molecule has 42 heteroatoms. The zero-order chi connectivity index (χ0) is 92.2. The van der Waals surface area contributed by atoms with Crippen molar-refractivity contribution < 1.29 is 96.5 Å². The van der Waals surface area contributed by atoms with Crippen LogP contribution in [0.25, 0.3) is 0 Å². The number of hydrogen-bond acceptors (Lipinski definition) is 31. The molecule has 5 fully saturated rings. The number of aliphatic hydroxyl groups is 2. The Labute approximate surface area is 773 Å². The van der Waals surface area contributed by atoms with Crippen molar-refractivity contribution in [2.24, 2.45) is 0 Å². The van der Waals surface area contributed by atoms with Gasteiger partial charge in [-0.25, -0.2) is 38.9 Å². The monoisotopic (exact) mass is 1920 g/mol. The van der Waals surface area contributed by atoms with Crippen LogP contribution in [0.3, 0.4) is 0 Å². The van der Waals surface area contributed by atoms with Crippen LogP contribution in [0.2, 0.25) is 10.0 Å². The lowest BCUT2D eigenvalue weighted by Crippen LogP contribution is -2.50. The van der Waals surface area contributed by atoms with E-state index in [0.717, 1.165) is 102 Å². The highest BCUT2D eigenvalue weighted by Gasteiger charge is 2.43. The van der Waals surface area contributed by atoms with E-state index in [2.05, 4.69) is 40.4 Å². The van der Waals surface area contributed by atoms with Gasteiger partial charge in [0.05, 0.1) is 67.3 Å². The smallest absolute Gasteiger partial charge is 0.411 e. The van der Waals surface area contributed by atoms with E-state index < -0.39 is 101 Å². The molecule has 12 rings (SSSR count). The van der Waals surface area contributed by atoms with Gasteiger partial charge in [-0.3, -0.25) is 43.5 Å². The van der Waals surface area contributed by atoms with Gasteiger partial charge in [-0.1, -0.05) is 59.6 Å². The Bertz CT molecular complexity index is 4720. The number of aliphatic hydroxyl groups excluding tert-OH is 2. The Morgan fingerprint density at radius 3 is 1.35 bits per heavy atom. The maximum Gasteiger partial charge on any atom is 0.411 e. The molecule has 5 aliphatic heterocycles. The number of nitrogens with zero attached hydrogens (tertiary/aromatic N) is 7. The Balaban J connectivity index is 0.000000243. The molecule has 2 aromatic carbocycles. The Morgan fingerprint density at radius 2 is 0.937 bits per heavy atom. The molecule has 126 heavy (non-hydrogen) atoms. The van der Waals surface area contributed by atoms with Gasteiger partial charge in [0.1, 0.15) is 22.8 Å². The molecule has 10 heterocycles. The summed E-state index contributed by atoms with van der Waals surface area (Å²) >= 11 is 25.0. The Hall–Kier alpha value is -9.06. The fourth-order valence-electron chi connectivity index (χ4n) is 13.5. The molecule has 0 unspecified atom stereocenters. The lowest BCUT2D eigenvalue weighted by Gasteiger charge is -2.27. The second kappa shape index (κ2) is 50.0. The first-order chi connectivity index (χ1) is 58.9. The van der Waals surface area contributed by atoms with Crippen LogP contribution in [0.15, 0.2) is 87.6 Å². The third kappa shape index (κ3) is 33.9. The molecule has 5 aromatic heterocycles. The number of nitrogens with one attached hydrogen (secondary N) is 3. The summed E-state index contributed by atoms with van der Waals surface area (Å²) in [6.07, 6.45) is 1.36. The largest absolute Gasteiger partial charge is 0.478 e. The summed E-state index contributed by atoms with van der Waals surface area (Å²) in [7, 11) is 1.33. The van der Waals surface area contributed by atoms with E-state index >= 15 is 0 Å². The number of carboxylic acid groups (broad SMARTS) is 1. The number of ether oxygens (including phenoxy) is 6. The summed E-state index contributed by atoms with van der Waals surface area (Å²) in [5.74, 6) is -6.34. The molecule has 5 aliphatic rings. The maximum atomic E-state index is 12.8. The number of nitrogens with two attached hydrogens (primary N) is 3. The van der Waals surface area contributed by atoms with E-state index in [1.165, 1.54) is 91.3 Å². The number of thiazole rings is 3. The minimum Gasteiger partial charge on any atom is -0.478 e. The van der Waals surface area contributed by atoms with Crippen LogP contribution in [0, 0.1) is 0 Å². The van der Waals surface area contributed by atoms with Crippen molar-refractivity contribution in [2.45, 2.75) is 238 Å². The number of nitrogen functional groups attached to an aromatic ring is 3. The number of anilines is 3. The molecule has 12 N–H and O–H groups in total. The number of halogens is 4. The number of ketones is 1. The number of carboxylic acids is 1. The van der Waals surface area contributed by atoms with Gasteiger partial charge in [0, 0.05) is 76.0 Å². The first-order valence-corrected chi connectivity index (χ1v) is 46.0. The van der Waals surface area contributed by atoms with Crippen molar-refractivity contribution in [1.82, 2.24) is 50.5 Å². The van der Waals surface area contributed by atoms with Gasteiger partial charge < -0.3 is 81.8 Å². The van der Waals surface area contributed by atoms with Gasteiger partial charge in [-0.15, -0.1) is 80.7 Å². The predicted molar refractivity (Wildman–Crippen MR) is 487 cm³/mol. The minimum absolute atomic E-state index is 0. The molecule has 0 bridgehead atoms. The van der Waals surface area contributed by atoms with Crippen LogP contribution >= 0.6 is 104 Å². The number of amides is 6. The molecule has 0 aliphatic carbocycles. The van der Waals surface area contributed by atoms with Gasteiger partial charge in [0.15, 0.2) is 33.4 Å². The number of aliphatic carboxylic acids is 1. The number of hydrogen-bond donors (Lipinski definition) is 9. The van der Waals surface area contributed by atoms with Crippen LogP contribution in [-0.4, -0.2) is 215 Å². The summed E-state index contributed by atoms with van der Waals surface area (Å²) in [6.45, 7) is 22.1. The molecule has 0 saturated carbocycles. The molecule has 5 saturated heterocycles. The first kappa shape index (κ1) is 106. The zero-order valence-electron chi connectivity index (χ0n) is 72.2. The number of carbonyl (C=O) groups excluding carboxylic acids is 10. The quantitative estimate of drug-likeness (QED) is 0.0173. The average molecular weight is 1930 g/mol. The third-order valence-corrected chi connectivity index (χ3v) is 24.1. The highest BCUT2D eigenvalue weighted by Crippen LogP contribution is 2.37. The summed E-state index contributed by atoms with van der Waals surface area (Å²) in [6, 6.07) is 18.2. The molecule has 0 radical (unpaired) electrons. The van der Waals surface area contributed by atoms with E-state index in [1.807, 2.05) is 103 Å². The lowest BCUT2D eigenvalue weighted by molar-refractivity contribution is -0.180. The predicted octanol–water partition coefficient (Wildman–Crippen LogP) is 13.4. The average Bonchev–Trinajstić information content (AvgIpc) is 1.65. The normalized spacial score (nSPS) is 18.0. The standard InChI is InChI=1S/C23H25ClN4O4S2.C20H20ClNO7S.C12H19N3O2S.C11H18ClNO3.C11H19NO4.C7H11N3S.ClH/c24-16-5-2-1-4-14(16)8-13-9-15(33-11-13)10-26-21(31)19(29)20(30)22(32)28-7-3-6-18(28)17-12-34-23(25)27-17;1-11(23)28-17(18(20(26)27)29-12(2)24)19(25)22-9-15-8-13(10-30-15)7-14-5-3-4-6-16(14)21;1-12(2,3)17-11(16)15-6-4-5-9(15)8-7-18-10(13)14-8;1-11(2,3)16-10(15)13-6-4-5-8(13)9(14)7-12;1-11(2,3)16-10(14)12-7-5-6-8(12)9(13)15-4;8-7-10-6(4-11-7)5-2-1-3-9-5;/h1-2,4-5,9,11-12,18-20,29-30H,3,6-8,10H2,(H2,25,27)(H,26,31);3-6,8,10,17-18H,7,9H2,1-2H3,(H,22,25)(H,26,27);7,9H,4-6H2,1-3H3,(H2,13,14);8H,4-7H2,1-3H3;8H,5-7H2,1-4H3;4-5,9H,1-3H2,(H2,8,10);1H/t18-,19-,20-;17-,18-;9-;2*8-;5-;/m111111./s1. The summed E-state index contributed by atoms with van der Waals surface area (Å²) < 4.78 is 30.0. The maximum absolute atomic E-state index is 12.8. The molecule has 9 atom stereocenters. The van der Waals surface area contributed by atoms with Gasteiger partial charge in [-0.2, -0.15) is 0 Å². The number of Topliss-reactive ketones (excluding diaryl/α,β-unsaturated/α-hetero) is 1. The molecule has 6 amide bonds. The van der Waals surface area contributed by atoms with Crippen molar-refractivity contribution in [3.8, 4) is 0 Å². The lowest BCUT2D eigenvalue weighted by atomic mass is 10.1. The highest BCUT2D eigenvalue weighted by atomic mass is 35.5. The molecular formula is C84H113Cl4N13O20S5. The Kier molecular flexibility index (Phi) is 42.0. The van der Waals surface area contributed by atoms with E-state index in [-0.39, 0.29) is 61.3 Å². The molecule has 7 aromatic rings. The number of methoxy groups -OCH3 is 1. The third-order valence-electron chi connectivity index (χ3n) is 19.1. The van der Waals surface area contributed by atoms with Crippen molar-refractivity contribution in [3.05, 3.63) is 147 Å². The molecule has 33 nitrogen and oxygen atoms in total. The number of rotatable bonds is 22. The molecular weight excluding hydrogens is 1810 g/mol. The van der Waals surface area contributed by atoms with Crippen LogP contribution in [0.1, 0.15) is 208 Å². The van der Waals surface area contributed by atoms with Crippen molar-refractivity contribution in [3.63, 3.8) is 0 Å². The van der Waals surface area contributed by atoms with Crippen LogP contribution in [0.4, 0.5) is 29.8 Å². The van der Waals surface area contributed by atoms with E-state index in [0.29, 0.717) is 88.9 Å². The van der Waals surface area contributed by atoms with E-state index in [9.17, 15) is 68.1 Å². The van der Waals surface area contributed by atoms with Crippen LogP contribution in [0.5, 0.6) is 0 Å². The first-order valence-electron chi connectivity index (χ1n) is 40.3. The van der Waals surface area contributed by atoms with Crippen LogP contribution < -0.4 is 33.2 Å². The number of benzene rings is 2. The zero-order valence-corrected chi connectivity index (χ0v) is 79.4. The number of carbonyl (C=O) groups is 11. The van der Waals surface area contributed by atoms with Crippen molar-refractivity contribution >= 4 is 185 Å². The number of alkyl halides is 1. The van der Waals surface area contributed by atoms with E-state index in [4.69, 9.17) is 71.0 Å². The topological polar surface area (TPSA) is 470 Å². The van der Waals surface area contributed by atoms with Gasteiger partial charge in [0.2, 0.25) is 12.2 Å². The number of thiophene rings is 2. The number of likely N-dealkylation sites (tertiary alicyclic amines) is 4. The van der Waals surface area contributed by atoms with Gasteiger partial charge >= 0.3 is 42.2 Å². The fraction of sp³-hybridized carbons (Fsp3) is 0.524. The SMILES string of the molecule is CC(=O)O[C@@H](C(=O)O)[C@@H](OC(C)=O)C(=O)NCc1cc(Cc2ccccc2Cl)cs1.CC(C)(C)OC(=O)N1CCC[C@@H]1C(=O)CCl.CC(C)(C)OC(=O)N1CCC[C@@H]1c1csc(N)n1.COC(=O)[C@H]1CCCN1C(=O)OC(C)(C)C.Cl.Nc1nc([C@H]2CCCN2)cs1.Nc1nc([C@H]2CCCN2C(=O)[C@H](O)[C@@H](O)C(=O)NCc2cc(Cc3ccccc3Cl)cs2)cs1. The van der Waals surface area contributed by atoms with Crippen molar-refractivity contribution in [1.29, 1.82) is 0 Å². The summed E-state index contributed by atoms with van der Waals surface area (Å²) in [5, 5.41) is 51.1. The molecule has 692 valence electrons. The second-order valence-electron chi connectivity index (χ2n) is 32.4. The summed E-state index contributed by atoms with van der Waals surface area (Å²) in [5.41, 5.74) is 22.0. The fourth-order valence-corrected chi connectivity index (χ4v) is 17.6. The minimum atomic E-state index is -1.95. The second-order valence-corrected chi connectivity index (χ2v) is 38.1. The Morgan fingerprint density at radius 1 is 0.532 bits per heavy atom. The van der Waals surface area contributed by atoms with Crippen LogP contribution in [-0.2, 0) is 92.7 Å². The van der Waals surface area contributed by atoms with Gasteiger partial charge in [-0.05, 0) is 203 Å². The van der Waals surface area contributed by atoms with Crippen molar-refractivity contribution in [2.75, 3.05) is 62.9 Å². The highest BCUT2D eigenvalue weighted by molar-refractivity contribution is 7.14. The number of esters is 3. The molecule has 0 spiro atoms. The van der Waals surface area contributed by atoms with E-state index in [1.54, 1.807) is 51.8 Å². The number of aromatic nitrogens is 3. The summed E-state index contributed by atoms with van der Waals surface area (Å²) in [4.78, 5) is 151.